The fraction of sp³-hybridized carbons (Fsp3) is 0.100. The number of rotatable bonds is 3. The van der Waals surface area contributed by atoms with Crippen LogP contribution in [0.4, 0.5) is 14.5 Å². The van der Waals surface area contributed by atoms with E-state index in [1.54, 1.807) is 0 Å². The maximum absolute atomic E-state index is 13.6. The molecule has 18 heavy (non-hydrogen) atoms. The van der Waals surface area contributed by atoms with E-state index in [1.165, 1.54) is 12.3 Å². The average Bonchev–Trinajstić information content (AvgIpc) is 2.80. The number of benzene rings is 1. The summed E-state index contributed by atoms with van der Waals surface area (Å²) in [5.41, 5.74) is -0.718. The molecule has 5 nitrogen and oxygen atoms in total. The topological polar surface area (TPSA) is 61.0 Å². The van der Waals surface area contributed by atoms with Crippen LogP contribution in [0.15, 0.2) is 24.4 Å². The van der Waals surface area contributed by atoms with Crippen LogP contribution in [-0.2, 0) is 5.88 Å². The van der Waals surface area contributed by atoms with E-state index >= 15 is 0 Å². The zero-order valence-corrected chi connectivity index (χ0v) is 9.56. The zero-order chi connectivity index (χ0) is 13.3. The normalized spacial score (nSPS) is 10.6. The highest BCUT2D eigenvalue weighted by atomic mass is 35.5. The van der Waals surface area contributed by atoms with E-state index in [-0.39, 0.29) is 5.88 Å². The van der Waals surface area contributed by atoms with Crippen molar-refractivity contribution >= 4 is 17.3 Å². The molecule has 0 fully saturated rings. The highest BCUT2D eigenvalue weighted by Gasteiger charge is 2.23. The summed E-state index contributed by atoms with van der Waals surface area (Å²) in [6, 6.07) is 3.04. The molecule has 0 aliphatic carbocycles. The standard InChI is InChI=1S/C10H6ClF2N3O2/c11-5-6-3-4-15(14-6)10-8(16(17)18)2-1-7(12)9(10)13/h1-4H,5H2. The van der Waals surface area contributed by atoms with Gasteiger partial charge >= 0.3 is 0 Å². The molecule has 2 aromatic rings. The van der Waals surface area contributed by atoms with E-state index in [0.29, 0.717) is 11.8 Å². The first-order valence-corrected chi connectivity index (χ1v) is 5.31. The number of hydrogen-bond acceptors (Lipinski definition) is 3. The Morgan fingerprint density at radius 2 is 2.11 bits per heavy atom. The largest absolute Gasteiger partial charge is 0.298 e. The predicted octanol–water partition coefficient (Wildman–Crippen LogP) is 2.80. The van der Waals surface area contributed by atoms with E-state index in [4.69, 9.17) is 11.6 Å². The Morgan fingerprint density at radius 1 is 1.39 bits per heavy atom. The lowest BCUT2D eigenvalue weighted by atomic mass is 10.2. The van der Waals surface area contributed by atoms with Crippen LogP contribution in [0.2, 0.25) is 0 Å². The number of aromatic nitrogens is 2. The van der Waals surface area contributed by atoms with E-state index in [0.717, 1.165) is 10.7 Å². The molecule has 0 unspecified atom stereocenters. The van der Waals surface area contributed by atoms with Gasteiger partial charge in [0.2, 0.25) is 0 Å². The maximum Gasteiger partial charge on any atom is 0.298 e. The van der Waals surface area contributed by atoms with Gasteiger partial charge in [-0.05, 0) is 12.1 Å². The van der Waals surface area contributed by atoms with E-state index in [1.807, 2.05) is 0 Å². The van der Waals surface area contributed by atoms with Crippen molar-refractivity contribution in [2.45, 2.75) is 5.88 Å². The van der Waals surface area contributed by atoms with Gasteiger partial charge in [0.15, 0.2) is 17.3 Å². The van der Waals surface area contributed by atoms with Gasteiger partial charge in [-0.25, -0.2) is 13.5 Å². The average molecular weight is 274 g/mol. The summed E-state index contributed by atoms with van der Waals surface area (Å²) in [4.78, 5) is 9.98. The van der Waals surface area contributed by atoms with Gasteiger partial charge in [0.1, 0.15) is 0 Å². The Balaban J connectivity index is 2.67. The molecular weight excluding hydrogens is 268 g/mol. The molecule has 1 aromatic carbocycles. The third-order valence-corrected chi connectivity index (χ3v) is 2.53. The van der Waals surface area contributed by atoms with Gasteiger partial charge in [-0.15, -0.1) is 11.6 Å². The predicted molar refractivity (Wildman–Crippen MR) is 59.7 cm³/mol. The van der Waals surface area contributed by atoms with Crippen molar-refractivity contribution in [3.63, 3.8) is 0 Å². The molecule has 0 bridgehead atoms. The Hall–Kier alpha value is -2.02. The van der Waals surface area contributed by atoms with E-state index in [2.05, 4.69) is 5.10 Å². The van der Waals surface area contributed by atoms with Crippen molar-refractivity contribution in [2.24, 2.45) is 0 Å². The molecule has 8 heteroatoms. The summed E-state index contributed by atoms with van der Waals surface area (Å²) in [6.45, 7) is 0. The first kappa shape index (κ1) is 12.4. The molecule has 1 heterocycles. The van der Waals surface area contributed by atoms with Crippen molar-refractivity contribution in [1.82, 2.24) is 9.78 Å². The number of hydrogen-bond donors (Lipinski definition) is 0. The SMILES string of the molecule is O=[N+]([O-])c1ccc(F)c(F)c1-n1ccc(CCl)n1. The summed E-state index contributed by atoms with van der Waals surface area (Å²) in [5.74, 6) is -2.44. The maximum atomic E-state index is 13.6. The van der Waals surface area contributed by atoms with Crippen molar-refractivity contribution < 1.29 is 13.7 Å². The summed E-state index contributed by atoms with van der Waals surface area (Å²) in [7, 11) is 0. The molecule has 0 radical (unpaired) electrons. The van der Waals surface area contributed by atoms with E-state index < -0.39 is 27.9 Å². The highest BCUT2D eigenvalue weighted by molar-refractivity contribution is 6.16. The van der Waals surface area contributed by atoms with E-state index in [9.17, 15) is 18.9 Å². The van der Waals surface area contributed by atoms with Gasteiger partial charge in [-0.3, -0.25) is 10.1 Å². The number of halogens is 3. The Morgan fingerprint density at radius 3 is 2.67 bits per heavy atom. The van der Waals surface area contributed by atoms with Gasteiger partial charge in [0.25, 0.3) is 5.69 Å². The lowest BCUT2D eigenvalue weighted by Crippen LogP contribution is -2.06. The fourth-order valence-corrected chi connectivity index (χ4v) is 1.60. The first-order chi connectivity index (χ1) is 8.54. The number of nitrogens with zero attached hydrogens (tertiary/aromatic N) is 3. The molecule has 0 N–H and O–H groups in total. The second kappa shape index (κ2) is 4.69. The van der Waals surface area contributed by atoms with Gasteiger partial charge in [-0.1, -0.05) is 0 Å². The van der Waals surface area contributed by atoms with Crippen LogP contribution in [0.5, 0.6) is 0 Å². The summed E-state index contributed by atoms with van der Waals surface area (Å²) >= 11 is 5.52. The Bertz CT molecular complexity index is 615. The van der Waals surface area contributed by atoms with Crippen LogP contribution < -0.4 is 0 Å². The fourth-order valence-electron chi connectivity index (χ4n) is 1.45. The molecule has 2 rings (SSSR count). The molecule has 1 aromatic heterocycles. The molecule has 0 aliphatic rings. The smallest absolute Gasteiger partial charge is 0.258 e. The zero-order valence-electron chi connectivity index (χ0n) is 8.81. The Kier molecular flexibility index (Phi) is 3.24. The van der Waals surface area contributed by atoms with Gasteiger partial charge in [-0.2, -0.15) is 5.10 Å². The molecular formula is C10H6ClF2N3O2. The number of nitro benzene ring substituents is 1. The molecule has 0 aliphatic heterocycles. The van der Waals surface area contributed by atoms with Crippen LogP contribution >= 0.6 is 11.6 Å². The monoisotopic (exact) mass is 273 g/mol. The summed E-state index contributed by atoms with van der Waals surface area (Å²) in [5, 5.41) is 14.6. The van der Waals surface area contributed by atoms with Crippen LogP contribution in [0.25, 0.3) is 5.69 Å². The van der Waals surface area contributed by atoms with Gasteiger partial charge in [0, 0.05) is 12.3 Å². The molecule has 0 spiro atoms. The minimum absolute atomic E-state index is 0.0672. The van der Waals surface area contributed by atoms with Gasteiger partial charge < -0.3 is 0 Å². The number of nitro groups is 1. The van der Waals surface area contributed by atoms with Crippen molar-refractivity contribution in [1.29, 1.82) is 0 Å². The first-order valence-electron chi connectivity index (χ1n) is 4.78. The summed E-state index contributed by atoms with van der Waals surface area (Å²) in [6.07, 6.45) is 1.28. The highest BCUT2D eigenvalue weighted by Crippen LogP contribution is 2.27. The second-order valence-electron chi connectivity index (χ2n) is 3.37. The summed E-state index contributed by atoms with van der Waals surface area (Å²) < 4.78 is 27.7. The van der Waals surface area contributed by atoms with Crippen LogP contribution in [0, 0.1) is 21.7 Å². The lowest BCUT2D eigenvalue weighted by molar-refractivity contribution is -0.384. The third kappa shape index (κ3) is 2.04. The molecule has 0 amide bonds. The van der Waals surface area contributed by atoms with Crippen LogP contribution in [-0.4, -0.2) is 14.7 Å². The van der Waals surface area contributed by atoms with Crippen molar-refractivity contribution in [3.8, 4) is 5.69 Å². The second-order valence-corrected chi connectivity index (χ2v) is 3.64. The molecule has 0 atom stereocenters. The molecule has 0 saturated carbocycles. The van der Waals surface area contributed by atoms with Crippen molar-refractivity contribution in [3.05, 3.63) is 51.8 Å². The van der Waals surface area contributed by atoms with Crippen LogP contribution in [0.1, 0.15) is 5.69 Å². The minimum Gasteiger partial charge on any atom is -0.258 e. The van der Waals surface area contributed by atoms with Crippen molar-refractivity contribution in [2.75, 3.05) is 0 Å². The molecule has 0 saturated heterocycles. The van der Waals surface area contributed by atoms with Gasteiger partial charge in [0.05, 0.1) is 16.5 Å². The third-order valence-electron chi connectivity index (χ3n) is 2.25. The van der Waals surface area contributed by atoms with Crippen LogP contribution in [0.3, 0.4) is 0 Å². The quantitative estimate of drug-likeness (QED) is 0.491. The minimum atomic E-state index is -1.33. The number of alkyl halides is 1. The lowest BCUT2D eigenvalue weighted by Gasteiger charge is -2.05. The molecule has 94 valence electrons. The Labute approximate surface area is 105 Å².